The summed E-state index contributed by atoms with van der Waals surface area (Å²) in [6.45, 7) is 0.546. The number of aromatic nitrogens is 2. The van der Waals surface area contributed by atoms with Gasteiger partial charge in [-0.1, -0.05) is 28.1 Å². The van der Waals surface area contributed by atoms with Gasteiger partial charge in [0.05, 0.1) is 25.6 Å². The zero-order valence-electron chi connectivity index (χ0n) is 15.8. The number of benzene rings is 2. The molecule has 0 aliphatic rings. The summed E-state index contributed by atoms with van der Waals surface area (Å²) in [4.78, 5) is 30.9. The number of fused-ring (bicyclic) bond motifs is 2. The van der Waals surface area contributed by atoms with Gasteiger partial charge in [0.1, 0.15) is 17.2 Å². The van der Waals surface area contributed by atoms with Gasteiger partial charge in [-0.25, -0.2) is 0 Å². The van der Waals surface area contributed by atoms with Crippen LogP contribution in [0, 0.1) is 0 Å². The van der Waals surface area contributed by atoms with Crippen LogP contribution < -0.4 is 15.7 Å². The molecule has 0 spiro atoms. The zero-order valence-corrected chi connectivity index (χ0v) is 17.4. The summed E-state index contributed by atoms with van der Waals surface area (Å²) >= 11 is 3.44. The molecule has 148 valence electrons. The average molecular weight is 457 g/mol. The summed E-state index contributed by atoms with van der Waals surface area (Å²) in [5.41, 5.74) is 0.123. The number of methoxy groups -OCH3 is 2. The lowest BCUT2D eigenvalue weighted by atomic mass is 10.1. The van der Waals surface area contributed by atoms with Gasteiger partial charge in [0.15, 0.2) is 5.39 Å². The van der Waals surface area contributed by atoms with Crippen LogP contribution >= 0.6 is 15.9 Å². The first-order valence-electron chi connectivity index (χ1n) is 8.83. The maximum atomic E-state index is 13.3. The maximum Gasteiger partial charge on any atom is 0.269 e. The van der Waals surface area contributed by atoms with E-state index < -0.39 is 11.0 Å². The van der Waals surface area contributed by atoms with Crippen molar-refractivity contribution in [2.75, 3.05) is 20.8 Å². The number of ether oxygens (including phenoxy) is 2. The van der Waals surface area contributed by atoms with Crippen LogP contribution in [0.15, 0.2) is 60.9 Å². The van der Waals surface area contributed by atoms with Crippen LogP contribution in [0.1, 0.15) is 0 Å². The molecule has 0 aliphatic heterocycles. The Morgan fingerprint density at radius 3 is 2.69 bits per heavy atom. The molecule has 7 nitrogen and oxygen atoms in total. The predicted octanol–water partition coefficient (Wildman–Crippen LogP) is 3.59. The van der Waals surface area contributed by atoms with Crippen LogP contribution in [0.2, 0.25) is 0 Å². The van der Waals surface area contributed by atoms with Gasteiger partial charge in [0.25, 0.3) is 5.56 Å². The molecule has 0 bridgehead atoms. The summed E-state index contributed by atoms with van der Waals surface area (Å²) in [5.74, 6) is 0.937. The minimum atomic E-state index is -0.464. The quantitative estimate of drug-likeness (QED) is 0.426. The number of hydrogen-bond donors (Lipinski definition) is 0. The molecular weight excluding hydrogens is 440 g/mol. The van der Waals surface area contributed by atoms with Crippen molar-refractivity contribution in [1.82, 2.24) is 9.55 Å². The Bertz CT molecular complexity index is 1340. The van der Waals surface area contributed by atoms with Gasteiger partial charge in [-0.05, 0) is 24.3 Å². The molecule has 4 rings (SSSR count). The highest BCUT2D eigenvalue weighted by molar-refractivity contribution is 9.10. The van der Waals surface area contributed by atoms with E-state index in [4.69, 9.17) is 13.9 Å². The zero-order chi connectivity index (χ0) is 20.5. The molecule has 0 saturated heterocycles. The molecule has 0 N–H and O–H groups in total. The Kier molecular flexibility index (Phi) is 5.21. The third-order valence-electron chi connectivity index (χ3n) is 4.60. The second-order valence-corrected chi connectivity index (χ2v) is 7.28. The smallest absolute Gasteiger partial charge is 0.269 e. The number of hydrogen-bond acceptors (Lipinski definition) is 6. The maximum absolute atomic E-state index is 13.3. The van der Waals surface area contributed by atoms with Gasteiger partial charge in [-0.15, -0.1) is 0 Å². The summed E-state index contributed by atoms with van der Waals surface area (Å²) < 4.78 is 18.5. The molecule has 29 heavy (non-hydrogen) atoms. The van der Waals surface area contributed by atoms with Crippen LogP contribution in [0.4, 0.5) is 0 Å². The van der Waals surface area contributed by atoms with E-state index in [1.54, 1.807) is 25.3 Å². The van der Waals surface area contributed by atoms with Crippen molar-refractivity contribution in [3.05, 3.63) is 67.5 Å². The fourth-order valence-electron chi connectivity index (χ4n) is 3.18. The summed E-state index contributed by atoms with van der Waals surface area (Å²) in [5, 5.41) is 0.211. The summed E-state index contributed by atoms with van der Waals surface area (Å²) in [7, 11) is 3.08. The number of halogens is 1. The van der Waals surface area contributed by atoms with Crippen molar-refractivity contribution in [2.45, 2.75) is 6.54 Å². The molecule has 0 atom stereocenters. The van der Waals surface area contributed by atoms with E-state index in [0.29, 0.717) is 34.7 Å². The van der Waals surface area contributed by atoms with E-state index in [0.717, 1.165) is 4.47 Å². The molecule has 0 fully saturated rings. The normalized spacial score (nSPS) is 11.3. The number of rotatable bonds is 5. The molecule has 2 aromatic carbocycles. The molecule has 0 saturated carbocycles. The minimum Gasteiger partial charge on any atom is -0.497 e. The molecule has 2 aromatic heterocycles. The van der Waals surface area contributed by atoms with E-state index in [-0.39, 0.29) is 17.6 Å². The minimum absolute atomic E-state index is 0.00982. The highest BCUT2D eigenvalue weighted by atomic mass is 79.9. The monoisotopic (exact) mass is 456 g/mol. The van der Waals surface area contributed by atoms with Gasteiger partial charge < -0.3 is 13.9 Å². The Morgan fingerprint density at radius 2 is 1.97 bits per heavy atom. The Balaban J connectivity index is 2.10. The van der Waals surface area contributed by atoms with Crippen molar-refractivity contribution in [3.63, 3.8) is 0 Å². The average Bonchev–Trinajstić information content (AvgIpc) is 2.72. The highest BCUT2D eigenvalue weighted by Gasteiger charge is 2.19. The molecule has 2 heterocycles. The van der Waals surface area contributed by atoms with E-state index in [9.17, 15) is 9.59 Å². The van der Waals surface area contributed by atoms with Crippen molar-refractivity contribution in [3.8, 4) is 17.1 Å². The third-order valence-corrected chi connectivity index (χ3v) is 5.10. The van der Waals surface area contributed by atoms with E-state index in [1.165, 1.54) is 11.7 Å². The topological polar surface area (TPSA) is 83.6 Å². The van der Waals surface area contributed by atoms with Crippen LogP contribution in [0.25, 0.3) is 33.5 Å². The van der Waals surface area contributed by atoms with Crippen LogP contribution in [-0.2, 0) is 11.3 Å². The predicted molar refractivity (Wildman–Crippen MR) is 114 cm³/mol. The second-order valence-electron chi connectivity index (χ2n) is 6.37. The van der Waals surface area contributed by atoms with Gasteiger partial charge in [-0.2, -0.15) is 4.98 Å². The summed E-state index contributed by atoms with van der Waals surface area (Å²) in [6.07, 6.45) is 0. The first kappa shape index (κ1) is 19.4. The second kappa shape index (κ2) is 7.81. The fraction of sp³-hybridized carbons (Fsp3) is 0.190. The van der Waals surface area contributed by atoms with E-state index in [2.05, 4.69) is 20.9 Å². The molecule has 0 unspecified atom stereocenters. The van der Waals surface area contributed by atoms with Crippen molar-refractivity contribution < 1.29 is 13.9 Å². The Morgan fingerprint density at radius 1 is 1.14 bits per heavy atom. The Hall–Kier alpha value is -2.97. The molecule has 0 radical (unpaired) electrons. The standard InChI is InChI=1S/C21H17BrN2O5/c1-27-9-8-24-19(12-4-3-5-13(22)10-12)23-20-17(21(24)26)18(25)15-7-6-14(28-2)11-16(15)29-20/h3-7,10-11H,8-9H2,1-2H3. The SMILES string of the molecule is COCCn1c(-c2cccc(Br)c2)nc2oc3cc(OC)ccc3c(=O)c2c1=O. The van der Waals surface area contributed by atoms with Gasteiger partial charge >= 0.3 is 0 Å². The lowest BCUT2D eigenvalue weighted by Crippen LogP contribution is -2.29. The van der Waals surface area contributed by atoms with Crippen LogP contribution in [0.3, 0.4) is 0 Å². The first-order valence-corrected chi connectivity index (χ1v) is 9.63. The van der Waals surface area contributed by atoms with Crippen LogP contribution in [0.5, 0.6) is 5.75 Å². The van der Waals surface area contributed by atoms with Crippen molar-refractivity contribution >= 4 is 38.0 Å². The number of nitrogens with zero attached hydrogens (tertiary/aromatic N) is 2. The molecule has 8 heteroatoms. The third kappa shape index (κ3) is 3.45. The van der Waals surface area contributed by atoms with Gasteiger partial charge in [0, 0.05) is 23.2 Å². The van der Waals surface area contributed by atoms with Gasteiger partial charge in [-0.3, -0.25) is 14.2 Å². The van der Waals surface area contributed by atoms with E-state index in [1.807, 2.05) is 24.3 Å². The summed E-state index contributed by atoms with van der Waals surface area (Å²) in [6, 6.07) is 12.2. The Labute approximate surface area is 173 Å². The lowest BCUT2D eigenvalue weighted by Gasteiger charge is -2.13. The van der Waals surface area contributed by atoms with Crippen molar-refractivity contribution in [1.29, 1.82) is 0 Å². The first-order chi connectivity index (χ1) is 14.0. The lowest BCUT2D eigenvalue weighted by molar-refractivity contribution is 0.186. The fourth-order valence-corrected chi connectivity index (χ4v) is 3.58. The molecule has 0 amide bonds. The molecule has 0 aliphatic carbocycles. The molecule has 4 aromatic rings. The molecular formula is C21H17BrN2O5. The van der Waals surface area contributed by atoms with E-state index >= 15 is 0 Å². The highest BCUT2D eigenvalue weighted by Crippen LogP contribution is 2.25. The van der Waals surface area contributed by atoms with Crippen molar-refractivity contribution in [2.24, 2.45) is 0 Å². The largest absolute Gasteiger partial charge is 0.497 e. The van der Waals surface area contributed by atoms with Crippen LogP contribution in [-0.4, -0.2) is 30.4 Å². The van der Waals surface area contributed by atoms with Gasteiger partial charge in [0.2, 0.25) is 11.1 Å².